The summed E-state index contributed by atoms with van der Waals surface area (Å²) in [7, 11) is 0. The lowest BCUT2D eigenvalue weighted by molar-refractivity contribution is -0.458. The lowest BCUT2D eigenvalue weighted by Crippen LogP contribution is -2.74. The van der Waals surface area contributed by atoms with Gasteiger partial charge in [0.2, 0.25) is 0 Å². The summed E-state index contributed by atoms with van der Waals surface area (Å²) >= 11 is 0. The van der Waals surface area contributed by atoms with Crippen LogP contribution in [0.1, 0.15) is 18.2 Å². The van der Waals surface area contributed by atoms with Crippen molar-refractivity contribution in [2.75, 3.05) is 6.54 Å². The summed E-state index contributed by atoms with van der Waals surface area (Å²) in [5.41, 5.74) is 4.75. The molecule has 0 bridgehead atoms. The highest BCUT2D eigenvalue weighted by molar-refractivity contribution is 6.01. The Hall–Kier alpha value is -1.77. The fraction of sp³-hybridized carbons (Fsp3) is 0.250. The Labute approximate surface area is 87.5 Å². The predicted octanol–water partition coefficient (Wildman–Crippen LogP) is 0.319. The third kappa shape index (κ3) is 1.16. The Morgan fingerprint density at radius 1 is 1.40 bits per heavy atom. The smallest absolute Gasteiger partial charge is 0.195 e. The highest BCUT2D eigenvalue weighted by Gasteiger charge is 2.20. The van der Waals surface area contributed by atoms with E-state index in [9.17, 15) is 5.11 Å². The number of phenolic OH excluding ortho intramolecular Hbond substituents is 1. The van der Waals surface area contributed by atoms with Crippen LogP contribution in [0.4, 0.5) is 0 Å². The van der Waals surface area contributed by atoms with Crippen molar-refractivity contribution in [2.24, 2.45) is 0 Å². The fourth-order valence-corrected chi connectivity index (χ4v) is 2.29. The molecule has 0 saturated heterocycles. The Balaban J connectivity index is 2.36. The summed E-state index contributed by atoms with van der Waals surface area (Å²) in [6, 6.07) is 5.51. The largest absolute Gasteiger partial charge is 0.508 e. The number of rotatable bonds is 0. The predicted molar refractivity (Wildman–Crippen MR) is 59.3 cm³/mol. The van der Waals surface area contributed by atoms with Crippen molar-refractivity contribution in [3.05, 3.63) is 29.5 Å². The van der Waals surface area contributed by atoms with Crippen LogP contribution in [0.25, 0.3) is 10.9 Å². The molecule has 1 aliphatic rings. The molecule has 3 nitrogen and oxygen atoms in total. The summed E-state index contributed by atoms with van der Waals surface area (Å²) < 4.78 is 0. The van der Waals surface area contributed by atoms with E-state index in [1.165, 1.54) is 22.4 Å². The number of H-pyrrole nitrogens is 1. The van der Waals surface area contributed by atoms with Crippen molar-refractivity contribution >= 4 is 16.6 Å². The van der Waals surface area contributed by atoms with E-state index in [0.29, 0.717) is 5.75 Å². The Morgan fingerprint density at radius 3 is 3.13 bits per heavy atom. The lowest BCUT2D eigenvalue weighted by atomic mass is 10.0. The zero-order valence-electron chi connectivity index (χ0n) is 8.59. The molecule has 76 valence electrons. The molecule has 1 aromatic heterocycles. The number of benzene rings is 1. The molecule has 2 heterocycles. The quantitative estimate of drug-likeness (QED) is 0.565. The number of nitrogens with one attached hydrogen (secondary N) is 2. The van der Waals surface area contributed by atoms with Gasteiger partial charge in [-0.25, -0.2) is 4.99 Å². The molecule has 0 aliphatic carbocycles. The van der Waals surface area contributed by atoms with Crippen LogP contribution in [0.15, 0.2) is 18.2 Å². The monoisotopic (exact) mass is 201 g/mol. The van der Waals surface area contributed by atoms with E-state index in [1.54, 1.807) is 12.1 Å². The van der Waals surface area contributed by atoms with Gasteiger partial charge in [0, 0.05) is 30.3 Å². The number of hydrogen-bond acceptors (Lipinski definition) is 1. The number of hydrogen-bond donors (Lipinski definition) is 3. The Morgan fingerprint density at radius 2 is 2.27 bits per heavy atom. The van der Waals surface area contributed by atoms with Crippen LogP contribution >= 0.6 is 0 Å². The van der Waals surface area contributed by atoms with E-state index >= 15 is 0 Å². The fourth-order valence-electron chi connectivity index (χ4n) is 2.29. The third-order valence-electron chi connectivity index (χ3n) is 3.03. The van der Waals surface area contributed by atoms with Crippen molar-refractivity contribution < 1.29 is 10.1 Å². The van der Waals surface area contributed by atoms with Crippen LogP contribution in [0.5, 0.6) is 5.75 Å². The molecule has 0 unspecified atom stereocenters. The third-order valence-corrected chi connectivity index (χ3v) is 3.03. The van der Waals surface area contributed by atoms with Crippen molar-refractivity contribution in [2.45, 2.75) is 13.3 Å². The second-order valence-corrected chi connectivity index (χ2v) is 4.01. The number of aromatic hydroxyl groups is 1. The molecule has 0 radical (unpaired) electrons. The van der Waals surface area contributed by atoms with Gasteiger partial charge in [0.1, 0.15) is 18.0 Å². The van der Waals surface area contributed by atoms with E-state index in [0.717, 1.165) is 18.5 Å². The average Bonchev–Trinajstić information content (AvgIpc) is 2.57. The highest BCUT2D eigenvalue weighted by atomic mass is 16.3. The minimum Gasteiger partial charge on any atom is -0.508 e. The van der Waals surface area contributed by atoms with Crippen LogP contribution in [0.2, 0.25) is 0 Å². The van der Waals surface area contributed by atoms with E-state index in [-0.39, 0.29) is 0 Å². The van der Waals surface area contributed by atoms with Gasteiger partial charge < -0.3 is 10.1 Å². The molecular formula is C12H13N2O+. The SMILES string of the molecule is CC1=[NH+]CCc2c1[nH]c1cc(O)ccc21. The Kier molecular flexibility index (Phi) is 1.63. The summed E-state index contributed by atoms with van der Waals surface area (Å²) in [4.78, 5) is 6.68. The first kappa shape index (κ1) is 8.53. The van der Waals surface area contributed by atoms with Crippen LogP contribution < -0.4 is 4.99 Å². The maximum Gasteiger partial charge on any atom is 0.195 e. The van der Waals surface area contributed by atoms with E-state index in [1.807, 2.05) is 6.07 Å². The maximum absolute atomic E-state index is 9.41. The van der Waals surface area contributed by atoms with E-state index in [4.69, 9.17) is 0 Å². The standard InChI is InChI=1S/C12H12N2O/c1-7-12-10(4-5-13-7)9-3-2-8(15)6-11(9)14-12/h2-3,6,14-15H,4-5H2,1H3/p+1. The van der Waals surface area contributed by atoms with E-state index in [2.05, 4.69) is 16.9 Å². The molecule has 3 N–H and O–H groups in total. The molecule has 3 heteroatoms. The van der Waals surface area contributed by atoms with Crippen LogP contribution in [0.3, 0.4) is 0 Å². The van der Waals surface area contributed by atoms with Gasteiger partial charge in [-0.15, -0.1) is 0 Å². The molecule has 0 spiro atoms. The first-order chi connectivity index (χ1) is 7.25. The van der Waals surface area contributed by atoms with Gasteiger partial charge in [-0.2, -0.15) is 0 Å². The highest BCUT2D eigenvalue weighted by Crippen LogP contribution is 2.26. The summed E-state index contributed by atoms with van der Waals surface area (Å²) in [5.74, 6) is 0.312. The van der Waals surface area contributed by atoms with Gasteiger partial charge in [0.05, 0.1) is 0 Å². The van der Waals surface area contributed by atoms with Crippen molar-refractivity contribution in [3.8, 4) is 5.75 Å². The van der Waals surface area contributed by atoms with Crippen LogP contribution in [-0.2, 0) is 6.42 Å². The normalized spacial score (nSPS) is 15.1. The summed E-state index contributed by atoms with van der Waals surface area (Å²) in [6.45, 7) is 3.07. The molecule has 1 aromatic carbocycles. The number of fused-ring (bicyclic) bond motifs is 3. The van der Waals surface area contributed by atoms with Gasteiger partial charge in [0.15, 0.2) is 5.71 Å². The zero-order chi connectivity index (χ0) is 10.4. The summed E-state index contributed by atoms with van der Waals surface area (Å²) in [6.07, 6.45) is 1.04. The molecule has 1 aliphatic heterocycles. The second-order valence-electron chi connectivity index (χ2n) is 4.01. The number of aromatic nitrogens is 1. The molecule has 15 heavy (non-hydrogen) atoms. The molecular weight excluding hydrogens is 188 g/mol. The zero-order valence-corrected chi connectivity index (χ0v) is 8.59. The van der Waals surface area contributed by atoms with Gasteiger partial charge >= 0.3 is 0 Å². The first-order valence-corrected chi connectivity index (χ1v) is 5.17. The number of aromatic amines is 1. The molecule has 2 aromatic rings. The number of phenols is 1. The van der Waals surface area contributed by atoms with Gasteiger partial charge in [-0.1, -0.05) is 0 Å². The minimum atomic E-state index is 0.312. The van der Waals surface area contributed by atoms with Crippen LogP contribution in [-0.4, -0.2) is 22.3 Å². The molecule has 0 atom stereocenters. The van der Waals surface area contributed by atoms with Crippen molar-refractivity contribution in [1.29, 1.82) is 0 Å². The topological polar surface area (TPSA) is 50.0 Å². The van der Waals surface area contributed by atoms with E-state index < -0.39 is 0 Å². The summed E-state index contributed by atoms with van der Waals surface area (Å²) in [5, 5.41) is 10.6. The molecule has 3 rings (SSSR count). The van der Waals surface area contributed by atoms with Crippen molar-refractivity contribution in [3.63, 3.8) is 0 Å². The van der Waals surface area contributed by atoms with Gasteiger partial charge in [0.25, 0.3) is 0 Å². The minimum absolute atomic E-state index is 0.312. The Bertz CT molecular complexity index is 566. The lowest BCUT2D eigenvalue weighted by Gasteiger charge is -2.03. The molecule has 0 amide bonds. The molecule has 0 saturated carbocycles. The van der Waals surface area contributed by atoms with Crippen molar-refractivity contribution in [1.82, 2.24) is 4.98 Å². The average molecular weight is 201 g/mol. The van der Waals surface area contributed by atoms with Gasteiger partial charge in [-0.05, 0) is 17.7 Å². The molecule has 0 fully saturated rings. The second kappa shape index (κ2) is 2.86. The first-order valence-electron chi connectivity index (χ1n) is 5.17. The van der Waals surface area contributed by atoms with Gasteiger partial charge in [-0.3, -0.25) is 0 Å². The maximum atomic E-state index is 9.41. The van der Waals surface area contributed by atoms with Crippen LogP contribution in [0, 0.1) is 0 Å².